The van der Waals surface area contributed by atoms with Crippen LogP contribution < -0.4 is 4.90 Å². The largest absolute Gasteiger partial charge is 0.350 e. The molecule has 0 saturated carbocycles. The highest BCUT2D eigenvalue weighted by molar-refractivity contribution is 6.33. The van der Waals surface area contributed by atoms with Crippen molar-refractivity contribution in [2.75, 3.05) is 44.3 Å². The molecule has 4 heterocycles. The van der Waals surface area contributed by atoms with Gasteiger partial charge < -0.3 is 19.3 Å². The molecule has 0 radical (unpaired) electrons. The summed E-state index contributed by atoms with van der Waals surface area (Å²) in [5, 5.41) is 0.317. The summed E-state index contributed by atoms with van der Waals surface area (Å²) in [6.45, 7) is 4.54. The lowest BCUT2D eigenvalue weighted by Gasteiger charge is -2.33. The Bertz CT molecular complexity index is 624. The van der Waals surface area contributed by atoms with Crippen molar-refractivity contribution < 1.29 is 14.3 Å². The van der Waals surface area contributed by atoms with Crippen molar-refractivity contribution in [2.45, 2.75) is 32.0 Å². The van der Waals surface area contributed by atoms with Gasteiger partial charge in [0.1, 0.15) is 0 Å². The van der Waals surface area contributed by atoms with Gasteiger partial charge in [-0.3, -0.25) is 4.79 Å². The highest BCUT2D eigenvalue weighted by Gasteiger charge is 2.33. The van der Waals surface area contributed by atoms with Gasteiger partial charge in [0.15, 0.2) is 12.0 Å². The Labute approximate surface area is 152 Å². The fourth-order valence-electron chi connectivity index (χ4n) is 3.75. The summed E-state index contributed by atoms with van der Waals surface area (Å²) in [6, 6.07) is 0. The van der Waals surface area contributed by atoms with Crippen molar-refractivity contribution in [3.63, 3.8) is 0 Å². The van der Waals surface area contributed by atoms with E-state index in [9.17, 15) is 4.79 Å². The molecule has 4 rings (SSSR count). The molecule has 0 unspecified atom stereocenters. The van der Waals surface area contributed by atoms with Crippen LogP contribution in [-0.2, 0) is 9.47 Å². The Balaban J connectivity index is 1.43. The molecule has 3 aliphatic heterocycles. The van der Waals surface area contributed by atoms with Gasteiger partial charge in [-0.1, -0.05) is 11.6 Å². The second-order valence-corrected chi connectivity index (χ2v) is 7.21. The fourth-order valence-corrected chi connectivity index (χ4v) is 3.92. The quantitative estimate of drug-likeness (QED) is 0.814. The molecule has 0 atom stereocenters. The van der Waals surface area contributed by atoms with Crippen LogP contribution in [-0.4, -0.2) is 66.5 Å². The molecule has 0 aromatic carbocycles. The van der Waals surface area contributed by atoms with E-state index in [4.69, 9.17) is 21.1 Å². The maximum Gasteiger partial charge on any atom is 0.274 e. The molecule has 3 fully saturated rings. The van der Waals surface area contributed by atoms with Gasteiger partial charge in [0, 0.05) is 32.1 Å². The van der Waals surface area contributed by atoms with Crippen LogP contribution in [0.4, 0.5) is 5.95 Å². The minimum Gasteiger partial charge on any atom is -0.350 e. The Hall–Kier alpha value is -1.44. The number of hydrogen-bond donors (Lipinski definition) is 0. The van der Waals surface area contributed by atoms with E-state index in [1.807, 2.05) is 4.90 Å². The van der Waals surface area contributed by atoms with Gasteiger partial charge >= 0.3 is 0 Å². The van der Waals surface area contributed by atoms with Crippen LogP contribution in [0, 0.1) is 5.92 Å². The maximum atomic E-state index is 12.9. The molecule has 3 saturated heterocycles. The number of nitrogens with zero attached hydrogens (tertiary/aromatic N) is 4. The Morgan fingerprint density at radius 2 is 1.80 bits per heavy atom. The second kappa shape index (κ2) is 7.43. The average Bonchev–Trinajstić information content (AvgIpc) is 3.35. The van der Waals surface area contributed by atoms with Crippen LogP contribution in [0.1, 0.15) is 36.2 Å². The molecule has 136 valence electrons. The monoisotopic (exact) mass is 366 g/mol. The maximum absolute atomic E-state index is 12.9. The number of amides is 1. The zero-order valence-electron chi connectivity index (χ0n) is 14.2. The molecule has 1 aromatic rings. The lowest BCUT2D eigenvalue weighted by molar-refractivity contribution is -0.0956. The normalized spacial score (nSPS) is 22.8. The summed E-state index contributed by atoms with van der Waals surface area (Å²) >= 11 is 6.22. The Morgan fingerprint density at radius 3 is 2.48 bits per heavy atom. The number of anilines is 1. The molecule has 7 nitrogen and oxygen atoms in total. The summed E-state index contributed by atoms with van der Waals surface area (Å²) in [7, 11) is 0. The summed E-state index contributed by atoms with van der Waals surface area (Å²) in [5.41, 5.74) is 0.311. The van der Waals surface area contributed by atoms with Crippen LogP contribution in [0.5, 0.6) is 0 Å². The molecule has 1 aromatic heterocycles. The molecule has 8 heteroatoms. The van der Waals surface area contributed by atoms with E-state index >= 15 is 0 Å². The van der Waals surface area contributed by atoms with Crippen LogP contribution >= 0.6 is 11.6 Å². The van der Waals surface area contributed by atoms with Gasteiger partial charge in [0.2, 0.25) is 5.95 Å². The highest BCUT2D eigenvalue weighted by Crippen LogP contribution is 2.27. The first-order valence-electron chi connectivity index (χ1n) is 9.02. The SMILES string of the molecule is O=C(c1nc(N2CCCC2)ncc1Cl)N1CCC(C2OCCO2)CC1. The first-order chi connectivity index (χ1) is 12.2. The first-order valence-corrected chi connectivity index (χ1v) is 9.40. The van der Waals surface area contributed by atoms with Gasteiger partial charge in [0.05, 0.1) is 24.4 Å². The molecule has 25 heavy (non-hydrogen) atoms. The number of ether oxygens (including phenoxy) is 2. The van der Waals surface area contributed by atoms with Crippen LogP contribution in [0.25, 0.3) is 0 Å². The second-order valence-electron chi connectivity index (χ2n) is 6.80. The summed E-state index contributed by atoms with van der Waals surface area (Å²) in [6.07, 6.45) is 5.45. The lowest BCUT2D eigenvalue weighted by atomic mass is 9.96. The van der Waals surface area contributed by atoms with Gasteiger partial charge in [-0.2, -0.15) is 0 Å². The Kier molecular flexibility index (Phi) is 5.05. The van der Waals surface area contributed by atoms with Gasteiger partial charge in [-0.15, -0.1) is 0 Å². The summed E-state index contributed by atoms with van der Waals surface area (Å²) < 4.78 is 11.2. The van der Waals surface area contributed by atoms with E-state index in [0.717, 1.165) is 38.8 Å². The molecular weight excluding hydrogens is 344 g/mol. The summed E-state index contributed by atoms with van der Waals surface area (Å²) in [5.74, 6) is 0.847. The van der Waals surface area contributed by atoms with E-state index in [1.165, 1.54) is 0 Å². The predicted molar refractivity (Wildman–Crippen MR) is 92.8 cm³/mol. The molecule has 0 aliphatic carbocycles. The van der Waals surface area contributed by atoms with Gasteiger partial charge in [-0.05, 0) is 25.7 Å². The van der Waals surface area contributed by atoms with Crippen molar-refractivity contribution in [3.8, 4) is 0 Å². The fraction of sp³-hybridized carbons (Fsp3) is 0.706. The van der Waals surface area contributed by atoms with Crippen molar-refractivity contribution in [2.24, 2.45) is 5.92 Å². The van der Waals surface area contributed by atoms with Crippen molar-refractivity contribution in [1.29, 1.82) is 0 Å². The van der Waals surface area contributed by atoms with E-state index in [-0.39, 0.29) is 12.2 Å². The minimum atomic E-state index is -0.112. The van der Waals surface area contributed by atoms with Crippen molar-refractivity contribution in [1.82, 2.24) is 14.9 Å². The minimum absolute atomic E-state index is 0.110. The smallest absolute Gasteiger partial charge is 0.274 e. The zero-order valence-corrected chi connectivity index (χ0v) is 15.0. The van der Waals surface area contributed by atoms with E-state index in [1.54, 1.807) is 6.20 Å². The van der Waals surface area contributed by atoms with Gasteiger partial charge in [0.25, 0.3) is 5.91 Å². The number of piperidine rings is 1. The van der Waals surface area contributed by atoms with E-state index in [0.29, 0.717) is 48.9 Å². The third-order valence-corrected chi connectivity index (χ3v) is 5.46. The molecule has 3 aliphatic rings. The molecule has 0 spiro atoms. The van der Waals surface area contributed by atoms with Crippen molar-refractivity contribution in [3.05, 3.63) is 16.9 Å². The van der Waals surface area contributed by atoms with Crippen LogP contribution in [0.15, 0.2) is 6.20 Å². The Morgan fingerprint density at radius 1 is 1.12 bits per heavy atom. The van der Waals surface area contributed by atoms with Crippen LogP contribution in [0.3, 0.4) is 0 Å². The number of likely N-dealkylation sites (tertiary alicyclic amines) is 1. The molecular formula is C17H23ClN4O3. The van der Waals surface area contributed by atoms with Gasteiger partial charge in [-0.25, -0.2) is 9.97 Å². The first kappa shape index (κ1) is 17.0. The third-order valence-electron chi connectivity index (χ3n) is 5.18. The number of carbonyl (C=O) groups excluding carboxylic acids is 1. The number of carbonyl (C=O) groups is 1. The van der Waals surface area contributed by atoms with E-state index < -0.39 is 0 Å². The summed E-state index contributed by atoms with van der Waals surface area (Å²) in [4.78, 5) is 25.6. The highest BCUT2D eigenvalue weighted by atomic mass is 35.5. The number of aromatic nitrogens is 2. The average molecular weight is 367 g/mol. The topological polar surface area (TPSA) is 67.8 Å². The standard InChI is InChI=1S/C17H23ClN4O3/c18-13-11-19-17(22-5-1-2-6-22)20-14(13)15(23)21-7-3-12(4-8-21)16-24-9-10-25-16/h11-12,16H,1-10H2. The molecule has 0 bridgehead atoms. The predicted octanol–water partition coefficient (Wildman–Crippen LogP) is 1.96. The van der Waals surface area contributed by atoms with Crippen LogP contribution in [0.2, 0.25) is 5.02 Å². The third kappa shape index (κ3) is 3.59. The van der Waals surface area contributed by atoms with E-state index in [2.05, 4.69) is 14.9 Å². The van der Waals surface area contributed by atoms with Crippen molar-refractivity contribution >= 4 is 23.5 Å². The number of halogens is 1. The lowest BCUT2D eigenvalue weighted by Crippen LogP contribution is -2.42. The molecule has 1 amide bonds. The number of rotatable bonds is 3. The zero-order chi connectivity index (χ0) is 17.2. The number of hydrogen-bond acceptors (Lipinski definition) is 6. The molecule has 0 N–H and O–H groups in total.